The zero-order valence-corrected chi connectivity index (χ0v) is 21.3. The van der Waals surface area contributed by atoms with Crippen molar-refractivity contribution >= 4 is 27.5 Å². The van der Waals surface area contributed by atoms with E-state index in [1.54, 1.807) is 19.1 Å². The molecule has 1 unspecified atom stereocenters. The van der Waals surface area contributed by atoms with Gasteiger partial charge in [0, 0.05) is 12.6 Å². The van der Waals surface area contributed by atoms with Gasteiger partial charge in [-0.3, -0.25) is 13.9 Å². The van der Waals surface area contributed by atoms with Gasteiger partial charge in [0.15, 0.2) is 0 Å². The van der Waals surface area contributed by atoms with E-state index in [1.165, 1.54) is 4.90 Å². The summed E-state index contributed by atoms with van der Waals surface area (Å²) in [5.41, 5.74) is 3.27. The zero-order chi connectivity index (χ0) is 24.9. The van der Waals surface area contributed by atoms with Crippen LogP contribution in [0.5, 0.6) is 0 Å². The van der Waals surface area contributed by atoms with E-state index < -0.39 is 22.0 Å². The highest BCUT2D eigenvalue weighted by atomic mass is 32.2. The molecule has 0 aromatic heterocycles. The minimum Gasteiger partial charge on any atom is -0.352 e. The van der Waals surface area contributed by atoms with Gasteiger partial charge in [-0.15, -0.1) is 0 Å². The SMILES string of the molecule is Cc1ccc(N(CC(=O)N(Cc2ccccc2)C(C)C(=O)NC2CCCC2)S(C)(=O)=O)cc1C. The quantitative estimate of drug-likeness (QED) is 0.589. The fourth-order valence-corrected chi connectivity index (χ4v) is 5.09. The van der Waals surface area contributed by atoms with Gasteiger partial charge >= 0.3 is 0 Å². The molecule has 0 aliphatic heterocycles. The second-order valence-electron chi connectivity index (χ2n) is 9.21. The van der Waals surface area contributed by atoms with Crippen LogP contribution in [-0.4, -0.2) is 50.0 Å². The zero-order valence-electron chi connectivity index (χ0n) is 20.5. The van der Waals surface area contributed by atoms with Crippen molar-refractivity contribution in [2.24, 2.45) is 0 Å². The van der Waals surface area contributed by atoms with Crippen molar-refractivity contribution in [1.29, 1.82) is 0 Å². The van der Waals surface area contributed by atoms with Gasteiger partial charge in [0.1, 0.15) is 12.6 Å². The average Bonchev–Trinajstić information content (AvgIpc) is 3.30. The molecule has 1 saturated carbocycles. The van der Waals surface area contributed by atoms with Crippen molar-refractivity contribution in [3.63, 3.8) is 0 Å². The normalized spacial score (nSPS) is 15.1. The number of sulfonamides is 1. The average molecular weight is 486 g/mol. The summed E-state index contributed by atoms with van der Waals surface area (Å²) >= 11 is 0. The number of rotatable bonds is 9. The van der Waals surface area contributed by atoms with Crippen LogP contribution >= 0.6 is 0 Å². The van der Waals surface area contributed by atoms with Crippen LogP contribution in [0.3, 0.4) is 0 Å². The highest BCUT2D eigenvalue weighted by molar-refractivity contribution is 7.92. The molecular formula is C26H35N3O4S. The van der Waals surface area contributed by atoms with Crippen molar-refractivity contribution in [1.82, 2.24) is 10.2 Å². The van der Waals surface area contributed by atoms with Crippen LogP contribution < -0.4 is 9.62 Å². The number of benzene rings is 2. The van der Waals surface area contributed by atoms with E-state index in [9.17, 15) is 18.0 Å². The second kappa shape index (κ2) is 11.0. The van der Waals surface area contributed by atoms with Gasteiger partial charge < -0.3 is 10.2 Å². The minimum absolute atomic E-state index is 0.131. The molecule has 0 bridgehead atoms. The molecule has 184 valence electrons. The number of hydrogen-bond donors (Lipinski definition) is 1. The summed E-state index contributed by atoms with van der Waals surface area (Å²) in [6.45, 7) is 5.38. The van der Waals surface area contributed by atoms with Crippen LogP contribution in [0.4, 0.5) is 5.69 Å². The minimum atomic E-state index is -3.73. The lowest BCUT2D eigenvalue weighted by atomic mass is 10.1. The molecule has 1 aliphatic rings. The Labute approximate surface area is 203 Å². The maximum atomic E-state index is 13.6. The number of carbonyl (C=O) groups is 2. The maximum absolute atomic E-state index is 13.6. The molecule has 3 rings (SSSR count). The monoisotopic (exact) mass is 485 g/mol. The molecule has 2 amide bonds. The van der Waals surface area contributed by atoms with E-state index in [0.29, 0.717) is 5.69 Å². The van der Waals surface area contributed by atoms with Gasteiger partial charge in [-0.2, -0.15) is 0 Å². The molecular weight excluding hydrogens is 450 g/mol. The summed E-state index contributed by atoms with van der Waals surface area (Å²) in [6.07, 6.45) is 5.16. The van der Waals surface area contributed by atoms with Crippen molar-refractivity contribution < 1.29 is 18.0 Å². The second-order valence-corrected chi connectivity index (χ2v) is 11.1. The number of hydrogen-bond acceptors (Lipinski definition) is 4. The summed E-state index contributed by atoms with van der Waals surface area (Å²) < 4.78 is 26.4. The van der Waals surface area contributed by atoms with Crippen LogP contribution in [0.1, 0.15) is 49.3 Å². The van der Waals surface area contributed by atoms with E-state index in [2.05, 4.69) is 5.32 Å². The fraction of sp³-hybridized carbons (Fsp3) is 0.462. The third-order valence-electron chi connectivity index (χ3n) is 6.52. The highest BCUT2D eigenvalue weighted by Crippen LogP contribution is 2.23. The number of nitrogens with zero attached hydrogens (tertiary/aromatic N) is 2. The van der Waals surface area contributed by atoms with E-state index >= 15 is 0 Å². The van der Waals surface area contributed by atoms with E-state index in [4.69, 9.17) is 0 Å². The Kier molecular flexibility index (Phi) is 8.36. The van der Waals surface area contributed by atoms with E-state index in [-0.39, 0.29) is 25.0 Å². The Hall–Kier alpha value is -2.87. The molecule has 0 saturated heterocycles. The first-order valence-electron chi connectivity index (χ1n) is 11.7. The summed E-state index contributed by atoms with van der Waals surface area (Å²) in [6, 6.07) is 14.1. The molecule has 1 fully saturated rings. The topological polar surface area (TPSA) is 86.8 Å². The molecule has 0 spiro atoms. The Balaban J connectivity index is 1.87. The third-order valence-corrected chi connectivity index (χ3v) is 7.66. The Morgan fingerprint density at radius 1 is 1.03 bits per heavy atom. The molecule has 2 aromatic rings. The van der Waals surface area contributed by atoms with Crippen molar-refractivity contribution in [2.75, 3.05) is 17.1 Å². The van der Waals surface area contributed by atoms with Crippen molar-refractivity contribution in [3.8, 4) is 0 Å². The molecule has 8 heteroatoms. The number of anilines is 1. The van der Waals surface area contributed by atoms with Gasteiger partial charge in [0.25, 0.3) is 0 Å². The molecule has 1 aliphatic carbocycles. The summed E-state index contributed by atoms with van der Waals surface area (Å²) in [4.78, 5) is 28.1. The van der Waals surface area contributed by atoms with Crippen molar-refractivity contribution in [3.05, 3.63) is 65.2 Å². The van der Waals surface area contributed by atoms with E-state index in [1.807, 2.05) is 50.2 Å². The first kappa shape index (κ1) is 25.7. The molecule has 1 atom stereocenters. The van der Waals surface area contributed by atoms with Crippen LogP contribution in [0.25, 0.3) is 0 Å². The number of carbonyl (C=O) groups excluding carboxylic acids is 2. The Morgan fingerprint density at radius 3 is 2.26 bits per heavy atom. The molecule has 34 heavy (non-hydrogen) atoms. The molecule has 0 heterocycles. The highest BCUT2D eigenvalue weighted by Gasteiger charge is 2.31. The van der Waals surface area contributed by atoms with E-state index in [0.717, 1.165) is 52.9 Å². The van der Waals surface area contributed by atoms with Crippen molar-refractivity contribution in [2.45, 2.75) is 65.1 Å². The lowest BCUT2D eigenvalue weighted by molar-refractivity contribution is -0.139. The molecule has 2 aromatic carbocycles. The summed E-state index contributed by atoms with van der Waals surface area (Å²) in [5.74, 6) is -0.644. The smallest absolute Gasteiger partial charge is 0.244 e. The van der Waals surface area contributed by atoms with Crippen LogP contribution in [-0.2, 0) is 26.2 Å². The van der Waals surface area contributed by atoms with Gasteiger partial charge in [0.05, 0.1) is 11.9 Å². The first-order chi connectivity index (χ1) is 16.1. The van der Waals surface area contributed by atoms with Crippen LogP contribution in [0.2, 0.25) is 0 Å². The third kappa shape index (κ3) is 6.59. The maximum Gasteiger partial charge on any atom is 0.244 e. The first-order valence-corrected chi connectivity index (χ1v) is 13.6. The number of aryl methyl sites for hydroxylation is 2. The van der Waals surface area contributed by atoms with Gasteiger partial charge in [0.2, 0.25) is 21.8 Å². The van der Waals surface area contributed by atoms with Crippen LogP contribution in [0.15, 0.2) is 48.5 Å². The van der Waals surface area contributed by atoms with Gasteiger partial charge in [-0.05, 0) is 62.4 Å². The predicted molar refractivity (Wildman–Crippen MR) is 135 cm³/mol. The Morgan fingerprint density at radius 2 is 1.68 bits per heavy atom. The number of amides is 2. The molecule has 1 N–H and O–H groups in total. The predicted octanol–water partition coefficient (Wildman–Crippen LogP) is 3.55. The Bertz CT molecular complexity index is 1110. The molecule has 0 radical (unpaired) electrons. The molecule has 7 nitrogen and oxygen atoms in total. The fourth-order valence-electron chi connectivity index (χ4n) is 4.25. The van der Waals surface area contributed by atoms with Gasteiger partial charge in [-0.1, -0.05) is 49.2 Å². The van der Waals surface area contributed by atoms with Crippen LogP contribution in [0, 0.1) is 13.8 Å². The number of nitrogens with one attached hydrogen (secondary N) is 1. The summed E-state index contributed by atoms with van der Waals surface area (Å²) in [5, 5.41) is 3.06. The summed E-state index contributed by atoms with van der Waals surface area (Å²) in [7, 11) is -3.73. The lowest BCUT2D eigenvalue weighted by Crippen LogP contribution is -2.52. The standard InChI is InChI=1S/C26H35N3O4S/c1-19-14-15-24(16-20(19)2)29(34(4,32)33)18-25(30)28(17-22-10-6-5-7-11-22)21(3)26(31)27-23-12-8-9-13-23/h5-7,10-11,14-16,21,23H,8-9,12-13,17-18H2,1-4H3,(H,27,31). The largest absolute Gasteiger partial charge is 0.352 e. The van der Waals surface area contributed by atoms with Gasteiger partial charge in [-0.25, -0.2) is 8.42 Å². The lowest BCUT2D eigenvalue weighted by Gasteiger charge is -2.32.